The van der Waals surface area contributed by atoms with Crippen LogP contribution in [0.15, 0.2) is 24.3 Å². The fourth-order valence-electron chi connectivity index (χ4n) is 3.22. The van der Waals surface area contributed by atoms with Gasteiger partial charge < -0.3 is 5.32 Å². The maximum absolute atomic E-state index is 11.9. The largest absolute Gasteiger partial charge is 0.332 e. The highest BCUT2D eigenvalue weighted by Gasteiger charge is 2.37. The Labute approximate surface area is 160 Å². The van der Waals surface area contributed by atoms with Gasteiger partial charge in [-0.25, -0.2) is 22.3 Å². The molecule has 26 heavy (non-hydrogen) atoms. The number of sulfone groups is 2. The van der Waals surface area contributed by atoms with Crippen LogP contribution in [0.3, 0.4) is 0 Å². The maximum atomic E-state index is 11.9. The van der Waals surface area contributed by atoms with E-state index in [1.165, 1.54) is 0 Å². The molecular formula is C16H23N3O4S3. The molecule has 0 spiro atoms. The highest BCUT2D eigenvalue weighted by molar-refractivity contribution is 7.92. The van der Waals surface area contributed by atoms with Crippen LogP contribution in [0.4, 0.5) is 5.69 Å². The van der Waals surface area contributed by atoms with Crippen molar-refractivity contribution in [2.75, 3.05) is 28.3 Å². The van der Waals surface area contributed by atoms with Crippen LogP contribution in [0.1, 0.15) is 18.4 Å². The van der Waals surface area contributed by atoms with Gasteiger partial charge in [0.05, 0.1) is 29.1 Å². The SMILES string of the molecule is Cc1ccc(NC(=S)N(N[C@@H]2CCS(=O)(=O)C2)[C@H]2CCS(=O)(=O)C2)cc1. The summed E-state index contributed by atoms with van der Waals surface area (Å²) in [6.07, 6.45) is 0.954. The first kappa shape index (κ1) is 19.5. The van der Waals surface area contributed by atoms with Gasteiger partial charge in [-0.05, 0) is 44.1 Å². The lowest BCUT2D eigenvalue weighted by Gasteiger charge is -2.33. The zero-order chi connectivity index (χ0) is 18.9. The van der Waals surface area contributed by atoms with Crippen molar-refractivity contribution in [3.63, 3.8) is 0 Å². The Morgan fingerprint density at radius 3 is 2.19 bits per heavy atom. The molecule has 0 aliphatic carbocycles. The van der Waals surface area contributed by atoms with Crippen molar-refractivity contribution >= 4 is 42.7 Å². The lowest BCUT2D eigenvalue weighted by Crippen LogP contribution is -2.55. The lowest BCUT2D eigenvalue weighted by atomic mass is 10.2. The predicted octanol–water partition coefficient (Wildman–Crippen LogP) is 0.873. The summed E-state index contributed by atoms with van der Waals surface area (Å²) < 4.78 is 47.3. The first-order valence-corrected chi connectivity index (χ1v) is 12.5. The Hall–Kier alpha value is -1.23. The topological polar surface area (TPSA) is 95.6 Å². The second-order valence-corrected chi connectivity index (χ2v) is 11.8. The van der Waals surface area contributed by atoms with Gasteiger partial charge in [0.25, 0.3) is 0 Å². The minimum atomic E-state index is -3.10. The molecule has 0 bridgehead atoms. The molecule has 0 saturated carbocycles. The van der Waals surface area contributed by atoms with Crippen molar-refractivity contribution in [3.8, 4) is 0 Å². The molecular weight excluding hydrogens is 394 g/mol. The van der Waals surface area contributed by atoms with Gasteiger partial charge in [-0.15, -0.1) is 0 Å². The Morgan fingerprint density at radius 2 is 1.65 bits per heavy atom. The highest BCUT2D eigenvalue weighted by atomic mass is 32.2. The number of aryl methyl sites for hydroxylation is 1. The average molecular weight is 418 g/mol. The van der Waals surface area contributed by atoms with Gasteiger partial charge in [0, 0.05) is 11.7 Å². The van der Waals surface area contributed by atoms with Crippen molar-refractivity contribution < 1.29 is 16.8 Å². The summed E-state index contributed by atoms with van der Waals surface area (Å²) >= 11 is 5.50. The summed E-state index contributed by atoms with van der Waals surface area (Å²) in [4.78, 5) is 0. The molecule has 0 radical (unpaired) electrons. The molecule has 2 fully saturated rings. The van der Waals surface area contributed by atoms with Crippen molar-refractivity contribution in [1.29, 1.82) is 0 Å². The fraction of sp³-hybridized carbons (Fsp3) is 0.562. The normalized spacial score (nSPS) is 26.5. The summed E-state index contributed by atoms with van der Waals surface area (Å²) in [5.41, 5.74) is 5.09. The molecule has 144 valence electrons. The number of hydrogen-bond acceptors (Lipinski definition) is 6. The Bertz CT molecular complexity index is 882. The highest BCUT2D eigenvalue weighted by Crippen LogP contribution is 2.20. The second-order valence-electron chi connectivity index (χ2n) is 6.95. The fourth-order valence-corrected chi connectivity index (χ4v) is 6.91. The molecule has 10 heteroatoms. The molecule has 0 amide bonds. The molecule has 2 aliphatic rings. The van der Waals surface area contributed by atoms with Crippen LogP contribution >= 0.6 is 12.2 Å². The van der Waals surface area contributed by atoms with Crippen molar-refractivity contribution in [3.05, 3.63) is 29.8 Å². The van der Waals surface area contributed by atoms with Crippen molar-refractivity contribution in [2.45, 2.75) is 31.8 Å². The van der Waals surface area contributed by atoms with E-state index < -0.39 is 19.7 Å². The molecule has 2 N–H and O–H groups in total. The van der Waals surface area contributed by atoms with E-state index in [2.05, 4.69) is 10.7 Å². The van der Waals surface area contributed by atoms with Crippen LogP contribution in [0.2, 0.25) is 0 Å². The van der Waals surface area contributed by atoms with Crippen molar-refractivity contribution in [1.82, 2.24) is 10.4 Å². The third kappa shape index (κ3) is 4.93. The van der Waals surface area contributed by atoms with Crippen LogP contribution in [0, 0.1) is 6.92 Å². The smallest absolute Gasteiger partial charge is 0.188 e. The molecule has 7 nitrogen and oxygen atoms in total. The zero-order valence-corrected chi connectivity index (χ0v) is 17.0. The molecule has 1 aromatic carbocycles. The molecule has 0 aromatic heterocycles. The van der Waals surface area contributed by atoms with E-state index in [1.54, 1.807) is 5.01 Å². The Morgan fingerprint density at radius 1 is 1.04 bits per heavy atom. The third-order valence-corrected chi connectivity index (χ3v) is 8.47. The van der Waals surface area contributed by atoms with E-state index >= 15 is 0 Å². The van der Waals surface area contributed by atoms with Crippen LogP contribution in [-0.2, 0) is 19.7 Å². The van der Waals surface area contributed by atoms with E-state index in [0.717, 1.165) is 11.3 Å². The van der Waals surface area contributed by atoms with Gasteiger partial charge in [-0.3, -0.25) is 5.01 Å². The monoisotopic (exact) mass is 417 g/mol. The first-order valence-electron chi connectivity index (χ1n) is 8.47. The zero-order valence-electron chi connectivity index (χ0n) is 14.5. The average Bonchev–Trinajstić information content (AvgIpc) is 3.08. The molecule has 3 rings (SSSR count). The molecule has 2 aliphatic heterocycles. The number of anilines is 1. The lowest BCUT2D eigenvalue weighted by molar-refractivity contribution is 0.220. The predicted molar refractivity (Wildman–Crippen MR) is 106 cm³/mol. The number of rotatable bonds is 4. The first-order chi connectivity index (χ1) is 12.1. The summed E-state index contributed by atoms with van der Waals surface area (Å²) in [5.74, 6) is 0.302. The number of nitrogens with one attached hydrogen (secondary N) is 2. The maximum Gasteiger partial charge on any atom is 0.188 e. The Kier molecular flexibility index (Phi) is 5.57. The van der Waals surface area contributed by atoms with E-state index in [4.69, 9.17) is 12.2 Å². The summed E-state index contributed by atoms with van der Waals surface area (Å²) in [7, 11) is -6.14. The van der Waals surface area contributed by atoms with Gasteiger partial charge in [0.2, 0.25) is 0 Å². The molecule has 2 atom stereocenters. The summed E-state index contributed by atoms with van der Waals surface area (Å²) in [6.45, 7) is 1.99. The second kappa shape index (κ2) is 7.41. The number of thiocarbonyl (C=S) groups is 1. The van der Waals surface area contributed by atoms with E-state index in [0.29, 0.717) is 18.0 Å². The summed E-state index contributed by atoms with van der Waals surface area (Å²) in [5, 5.41) is 5.11. The quantitative estimate of drug-likeness (QED) is 0.550. The van der Waals surface area contributed by atoms with Gasteiger partial charge in [0.15, 0.2) is 24.8 Å². The molecule has 0 unspecified atom stereocenters. The van der Waals surface area contributed by atoms with Crippen LogP contribution in [-0.4, -0.2) is 62.1 Å². The van der Waals surface area contributed by atoms with Crippen LogP contribution in [0.5, 0.6) is 0 Å². The summed E-state index contributed by atoms with van der Waals surface area (Å²) in [6, 6.07) is 7.12. The number of benzene rings is 1. The Balaban J connectivity index is 1.75. The minimum absolute atomic E-state index is 0.00911. The van der Waals surface area contributed by atoms with Gasteiger partial charge in [-0.2, -0.15) is 0 Å². The molecule has 2 saturated heterocycles. The number of hydrazine groups is 1. The minimum Gasteiger partial charge on any atom is -0.332 e. The van der Waals surface area contributed by atoms with E-state index in [-0.39, 0.29) is 35.1 Å². The van der Waals surface area contributed by atoms with Gasteiger partial charge >= 0.3 is 0 Å². The standard InChI is InChI=1S/C16H23N3O4S3/c1-12-2-4-13(5-3-12)17-16(24)19(15-7-9-26(22,23)11-15)18-14-6-8-25(20,21)10-14/h2-5,14-15,18H,6-11H2,1H3,(H,17,24)/t14-,15+/m1/s1. The molecule has 1 aromatic rings. The van der Waals surface area contributed by atoms with Crippen molar-refractivity contribution in [2.24, 2.45) is 0 Å². The molecule has 2 heterocycles. The number of hydrogen-bond donors (Lipinski definition) is 2. The van der Waals surface area contributed by atoms with E-state index in [9.17, 15) is 16.8 Å². The van der Waals surface area contributed by atoms with Crippen LogP contribution in [0.25, 0.3) is 0 Å². The third-order valence-electron chi connectivity index (χ3n) is 4.65. The van der Waals surface area contributed by atoms with Gasteiger partial charge in [0.1, 0.15) is 0 Å². The van der Waals surface area contributed by atoms with E-state index in [1.807, 2.05) is 31.2 Å². The number of nitrogens with zero attached hydrogens (tertiary/aromatic N) is 1. The van der Waals surface area contributed by atoms with Crippen LogP contribution < -0.4 is 10.7 Å². The van der Waals surface area contributed by atoms with Gasteiger partial charge in [-0.1, -0.05) is 17.7 Å².